The first kappa shape index (κ1) is 21.3. The van der Waals surface area contributed by atoms with Gasteiger partial charge in [-0.3, -0.25) is 19.0 Å². The van der Waals surface area contributed by atoms with E-state index in [0.717, 1.165) is 29.9 Å². The van der Waals surface area contributed by atoms with Crippen LogP contribution in [0.5, 0.6) is 0 Å². The van der Waals surface area contributed by atoms with Crippen molar-refractivity contribution in [2.75, 3.05) is 11.9 Å². The fraction of sp³-hybridized carbons (Fsp3) is 0.364. The van der Waals surface area contributed by atoms with Crippen LogP contribution in [-0.2, 0) is 24.8 Å². The topological polar surface area (TPSA) is 93.8 Å². The largest absolute Gasteiger partial charge is 0.351 e. The van der Waals surface area contributed by atoms with Crippen LogP contribution in [0.1, 0.15) is 40.3 Å². The fourth-order valence-electron chi connectivity index (χ4n) is 3.23. The third-order valence-corrected chi connectivity index (χ3v) is 4.80. The molecule has 158 valence electrons. The van der Waals surface area contributed by atoms with Crippen molar-refractivity contribution < 1.29 is 9.59 Å². The minimum atomic E-state index is -0.260. The molecule has 0 aliphatic rings. The molecule has 0 fully saturated rings. The molecule has 0 saturated carbocycles. The Bertz CT molecular complexity index is 1010. The van der Waals surface area contributed by atoms with Crippen LogP contribution < -0.4 is 10.6 Å². The monoisotopic (exact) mass is 408 g/mol. The van der Waals surface area contributed by atoms with E-state index in [1.165, 1.54) is 4.68 Å². The van der Waals surface area contributed by atoms with Crippen LogP contribution >= 0.6 is 0 Å². The van der Waals surface area contributed by atoms with E-state index in [9.17, 15) is 9.59 Å². The summed E-state index contributed by atoms with van der Waals surface area (Å²) in [6.45, 7) is 5.24. The summed E-state index contributed by atoms with van der Waals surface area (Å²) in [5.74, 6) is 0.128. The SMILES string of the molecule is Cc1cc(C)n(CCCNC(=O)c2cc(NC(=O)CCc3ccccc3)n(C)n2)n1. The Hall–Kier alpha value is -3.42. The summed E-state index contributed by atoms with van der Waals surface area (Å²) in [6, 6.07) is 13.5. The lowest BCUT2D eigenvalue weighted by Gasteiger charge is -2.05. The fourth-order valence-corrected chi connectivity index (χ4v) is 3.23. The highest BCUT2D eigenvalue weighted by Gasteiger charge is 2.14. The number of anilines is 1. The molecule has 3 aromatic rings. The third kappa shape index (κ3) is 5.79. The number of carbonyl (C=O) groups is 2. The van der Waals surface area contributed by atoms with Crippen molar-refractivity contribution in [3.8, 4) is 0 Å². The molecule has 30 heavy (non-hydrogen) atoms. The lowest BCUT2D eigenvalue weighted by atomic mass is 10.1. The molecule has 2 heterocycles. The maximum absolute atomic E-state index is 12.4. The summed E-state index contributed by atoms with van der Waals surface area (Å²) in [5, 5.41) is 14.3. The van der Waals surface area contributed by atoms with Crippen LogP contribution in [0, 0.1) is 13.8 Å². The molecule has 0 bridgehead atoms. The second kappa shape index (κ2) is 9.87. The second-order valence-corrected chi connectivity index (χ2v) is 7.33. The number of benzene rings is 1. The van der Waals surface area contributed by atoms with Crippen LogP contribution in [0.3, 0.4) is 0 Å². The second-order valence-electron chi connectivity index (χ2n) is 7.33. The van der Waals surface area contributed by atoms with E-state index in [0.29, 0.717) is 25.2 Å². The van der Waals surface area contributed by atoms with Gasteiger partial charge in [0.2, 0.25) is 5.91 Å². The number of nitrogens with zero attached hydrogens (tertiary/aromatic N) is 4. The zero-order valence-electron chi connectivity index (χ0n) is 17.7. The van der Waals surface area contributed by atoms with Crippen molar-refractivity contribution >= 4 is 17.6 Å². The number of hydrogen-bond donors (Lipinski definition) is 2. The Balaban J connectivity index is 1.45. The highest BCUT2D eigenvalue weighted by Crippen LogP contribution is 2.11. The Morgan fingerprint density at radius 2 is 1.83 bits per heavy atom. The summed E-state index contributed by atoms with van der Waals surface area (Å²) in [7, 11) is 1.70. The minimum absolute atomic E-state index is 0.112. The van der Waals surface area contributed by atoms with Gasteiger partial charge in [-0.15, -0.1) is 0 Å². The summed E-state index contributed by atoms with van der Waals surface area (Å²) in [5.41, 5.74) is 3.49. The molecular weight excluding hydrogens is 380 g/mol. The van der Waals surface area contributed by atoms with E-state index in [1.54, 1.807) is 13.1 Å². The molecule has 2 aromatic heterocycles. The molecule has 0 aliphatic carbocycles. The summed E-state index contributed by atoms with van der Waals surface area (Å²) >= 11 is 0. The Morgan fingerprint density at radius 3 is 2.53 bits per heavy atom. The van der Waals surface area contributed by atoms with Gasteiger partial charge in [-0.25, -0.2) is 0 Å². The Labute approximate surface area is 176 Å². The molecule has 8 nitrogen and oxygen atoms in total. The third-order valence-electron chi connectivity index (χ3n) is 4.80. The first-order valence-electron chi connectivity index (χ1n) is 10.1. The van der Waals surface area contributed by atoms with E-state index in [4.69, 9.17) is 0 Å². The van der Waals surface area contributed by atoms with Crippen molar-refractivity contribution in [1.82, 2.24) is 24.9 Å². The summed E-state index contributed by atoms with van der Waals surface area (Å²) < 4.78 is 3.44. The molecule has 2 amide bonds. The quantitative estimate of drug-likeness (QED) is 0.532. The average Bonchev–Trinajstić information content (AvgIpc) is 3.25. The normalized spacial score (nSPS) is 10.8. The number of amides is 2. The van der Waals surface area contributed by atoms with Gasteiger partial charge < -0.3 is 10.6 Å². The standard InChI is InChI=1S/C22H28N6O2/c1-16-14-17(2)28(25-16)13-7-12-23-22(30)19-15-20(27(3)26-19)24-21(29)11-10-18-8-5-4-6-9-18/h4-6,8-9,14-15H,7,10-13H2,1-3H3,(H,23,30)(H,24,29). The maximum atomic E-state index is 12.4. The minimum Gasteiger partial charge on any atom is -0.351 e. The number of carbonyl (C=O) groups excluding carboxylic acids is 2. The van der Waals surface area contributed by atoms with Crippen LogP contribution in [0.2, 0.25) is 0 Å². The van der Waals surface area contributed by atoms with E-state index >= 15 is 0 Å². The smallest absolute Gasteiger partial charge is 0.271 e. The highest BCUT2D eigenvalue weighted by molar-refractivity contribution is 5.95. The number of rotatable bonds is 9. The Morgan fingerprint density at radius 1 is 1.07 bits per heavy atom. The molecule has 0 spiro atoms. The van der Waals surface area contributed by atoms with Crippen molar-refractivity contribution in [1.29, 1.82) is 0 Å². The van der Waals surface area contributed by atoms with E-state index in [1.807, 2.05) is 54.9 Å². The molecule has 0 saturated heterocycles. The van der Waals surface area contributed by atoms with Gasteiger partial charge in [-0.2, -0.15) is 10.2 Å². The summed E-state index contributed by atoms with van der Waals surface area (Å²) in [4.78, 5) is 24.6. The van der Waals surface area contributed by atoms with Gasteiger partial charge in [0.05, 0.1) is 5.69 Å². The molecule has 0 atom stereocenters. The lowest BCUT2D eigenvalue weighted by Crippen LogP contribution is -2.26. The van der Waals surface area contributed by atoms with Crippen molar-refractivity contribution in [3.63, 3.8) is 0 Å². The summed E-state index contributed by atoms with van der Waals surface area (Å²) in [6.07, 6.45) is 1.79. The van der Waals surface area contributed by atoms with Gasteiger partial charge in [0.25, 0.3) is 5.91 Å². The van der Waals surface area contributed by atoms with Gasteiger partial charge in [-0.1, -0.05) is 30.3 Å². The molecule has 0 unspecified atom stereocenters. The van der Waals surface area contributed by atoms with Crippen LogP contribution in [-0.4, -0.2) is 37.9 Å². The lowest BCUT2D eigenvalue weighted by molar-refractivity contribution is -0.116. The van der Waals surface area contributed by atoms with Crippen molar-refractivity contribution in [3.05, 3.63) is 65.1 Å². The van der Waals surface area contributed by atoms with Crippen LogP contribution in [0.15, 0.2) is 42.5 Å². The maximum Gasteiger partial charge on any atom is 0.271 e. The van der Waals surface area contributed by atoms with Crippen molar-refractivity contribution in [2.24, 2.45) is 7.05 Å². The van der Waals surface area contributed by atoms with Gasteiger partial charge >= 0.3 is 0 Å². The predicted molar refractivity (Wildman–Crippen MR) is 115 cm³/mol. The van der Waals surface area contributed by atoms with Gasteiger partial charge in [-0.05, 0) is 38.3 Å². The molecule has 1 aromatic carbocycles. The van der Waals surface area contributed by atoms with Crippen LogP contribution in [0.4, 0.5) is 5.82 Å². The Kier molecular flexibility index (Phi) is 7.00. The molecule has 3 rings (SSSR count). The van der Waals surface area contributed by atoms with E-state index < -0.39 is 0 Å². The first-order chi connectivity index (χ1) is 14.4. The predicted octanol–water partition coefficient (Wildman–Crippen LogP) is 2.62. The average molecular weight is 409 g/mol. The molecule has 0 aliphatic heterocycles. The molecule has 0 radical (unpaired) electrons. The molecule has 2 N–H and O–H groups in total. The molecule has 8 heteroatoms. The number of aryl methyl sites for hydroxylation is 5. The van der Waals surface area contributed by atoms with Gasteiger partial charge in [0.1, 0.15) is 5.82 Å². The highest BCUT2D eigenvalue weighted by atomic mass is 16.2. The van der Waals surface area contributed by atoms with Gasteiger partial charge in [0.15, 0.2) is 5.69 Å². The van der Waals surface area contributed by atoms with Crippen LogP contribution in [0.25, 0.3) is 0 Å². The number of hydrogen-bond acceptors (Lipinski definition) is 4. The number of aromatic nitrogens is 4. The zero-order chi connectivity index (χ0) is 21.5. The first-order valence-corrected chi connectivity index (χ1v) is 10.1. The zero-order valence-corrected chi connectivity index (χ0v) is 17.7. The van der Waals surface area contributed by atoms with E-state index in [2.05, 4.69) is 20.8 Å². The van der Waals surface area contributed by atoms with Gasteiger partial charge in [0, 0.05) is 38.3 Å². The molecular formula is C22H28N6O2. The van der Waals surface area contributed by atoms with E-state index in [-0.39, 0.29) is 17.5 Å². The van der Waals surface area contributed by atoms with Crippen molar-refractivity contribution in [2.45, 2.75) is 39.7 Å². The number of nitrogens with one attached hydrogen (secondary N) is 2.